The Hall–Kier alpha value is -3.22. The molecule has 0 spiro atoms. The second kappa shape index (κ2) is 6.50. The van der Waals surface area contributed by atoms with Gasteiger partial charge in [-0.15, -0.1) is 0 Å². The molecule has 1 amide bonds. The van der Waals surface area contributed by atoms with Gasteiger partial charge >= 0.3 is 0 Å². The Morgan fingerprint density at radius 2 is 1.96 bits per heavy atom. The van der Waals surface area contributed by atoms with E-state index in [1.54, 1.807) is 18.2 Å². The number of nitrogens with zero attached hydrogens (tertiary/aromatic N) is 3. The highest BCUT2D eigenvalue weighted by Gasteiger charge is 2.27. The lowest BCUT2D eigenvalue weighted by Crippen LogP contribution is -2.38. The van der Waals surface area contributed by atoms with Gasteiger partial charge in [-0.1, -0.05) is 18.6 Å². The highest BCUT2D eigenvalue weighted by atomic mass is 16.6. The third-order valence-corrected chi connectivity index (χ3v) is 5.32. The Kier molecular flexibility index (Phi) is 3.85. The minimum Gasteiger partial charge on any atom is -0.349 e. The van der Waals surface area contributed by atoms with Crippen LogP contribution >= 0.6 is 0 Å². The SMILES string of the molecule is O=C(N[C@@H]1CCC[C@H](c2nc3ccccc3[nH]2)C1)c1ccc2nonc2c1. The van der Waals surface area contributed by atoms with Crippen LogP contribution in [-0.2, 0) is 0 Å². The topological polar surface area (TPSA) is 96.7 Å². The molecule has 2 heterocycles. The quantitative estimate of drug-likeness (QED) is 0.582. The molecule has 0 bridgehead atoms. The van der Waals surface area contributed by atoms with Crippen molar-refractivity contribution in [3.63, 3.8) is 0 Å². The Balaban J connectivity index is 1.31. The van der Waals surface area contributed by atoms with E-state index in [-0.39, 0.29) is 11.9 Å². The average Bonchev–Trinajstić information content (AvgIpc) is 3.34. The van der Waals surface area contributed by atoms with Crippen molar-refractivity contribution in [2.45, 2.75) is 37.6 Å². The first kappa shape index (κ1) is 16.0. The lowest BCUT2D eigenvalue weighted by Gasteiger charge is -2.28. The number of amides is 1. The fourth-order valence-electron chi connectivity index (χ4n) is 3.93. The van der Waals surface area contributed by atoms with E-state index in [4.69, 9.17) is 9.61 Å². The molecule has 2 aromatic carbocycles. The van der Waals surface area contributed by atoms with Gasteiger partial charge in [0, 0.05) is 17.5 Å². The monoisotopic (exact) mass is 361 g/mol. The van der Waals surface area contributed by atoms with Gasteiger partial charge in [0.25, 0.3) is 5.91 Å². The highest BCUT2D eigenvalue weighted by molar-refractivity contribution is 5.97. The van der Waals surface area contributed by atoms with Crippen molar-refractivity contribution in [3.8, 4) is 0 Å². The fraction of sp³-hybridized carbons (Fsp3) is 0.300. The summed E-state index contributed by atoms with van der Waals surface area (Å²) in [4.78, 5) is 20.8. The maximum atomic E-state index is 12.6. The van der Waals surface area contributed by atoms with Gasteiger partial charge in [0.15, 0.2) is 0 Å². The molecule has 5 rings (SSSR count). The largest absolute Gasteiger partial charge is 0.349 e. The summed E-state index contributed by atoms with van der Waals surface area (Å²) in [6.45, 7) is 0. The molecule has 0 saturated heterocycles. The van der Waals surface area contributed by atoms with Crippen LogP contribution in [-0.4, -0.2) is 32.2 Å². The molecule has 0 aliphatic heterocycles. The lowest BCUT2D eigenvalue weighted by molar-refractivity contribution is 0.0925. The van der Waals surface area contributed by atoms with Crippen LogP contribution in [0.4, 0.5) is 0 Å². The van der Waals surface area contributed by atoms with Gasteiger partial charge in [-0.05, 0) is 59.9 Å². The third kappa shape index (κ3) is 3.05. The van der Waals surface area contributed by atoms with Crippen LogP contribution in [0, 0.1) is 0 Å². The van der Waals surface area contributed by atoms with Crippen molar-refractivity contribution in [1.82, 2.24) is 25.6 Å². The van der Waals surface area contributed by atoms with Gasteiger partial charge in [-0.3, -0.25) is 4.79 Å². The Bertz CT molecular complexity index is 1080. The minimum absolute atomic E-state index is 0.0878. The van der Waals surface area contributed by atoms with E-state index in [0.29, 0.717) is 22.5 Å². The van der Waals surface area contributed by atoms with Crippen LogP contribution in [0.5, 0.6) is 0 Å². The van der Waals surface area contributed by atoms with Crippen molar-refractivity contribution in [3.05, 3.63) is 53.9 Å². The molecule has 2 N–H and O–H groups in total. The van der Waals surface area contributed by atoms with E-state index in [1.807, 2.05) is 24.3 Å². The summed E-state index contributed by atoms with van der Waals surface area (Å²) >= 11 is 0. The van der Waals surface area contributed by atoms with E-state index in [9.17, 15) is 4.79 Å². The summed E-state index contributed by atoms with van der Waals surface area (Å²) in [6.07, 6.45) is 4.03. The zero-order chi connectivity index (χ0) is 18.2. The van der Waals surface area contributed by atoms with E-state index < -0.39 is 0 Å². The first-order valence-electron chi connectivity index (χ1n) is 9.24. The molecule has 0 unspecified atom stereocenters. The minimum atomic E-state index is -0.0878. The molecule has 1 saturated carbocycles. The lowest BCUT2D eigenvalue weighted by atomic mass is 9.85. The number of rotatable bonds is 3. The second-order valence-corrected chi connectivity index (χ2v) is 7.14. The molecule has 7 heteroatoms. The number of carbonyl (C=O) groups excluding carboxylic acids is 1. The van der Waals surface area contributed by atoms with Crippen LogP contribution in [0.15, 0.2) is 47.1 Å². The number of aromatic amines is 1. The predicted molar refractivity (Wildman–Crippen MR) is 100 cm³/mol. The van der Waals surface area contributed by atoms with Gasteiger partial charge < -0.3 is 10.3 Å². The number of fused-ring (bicyclic) bond motifs is 2. The summed E-state index contributed by atoms with van der Waals surface area (Å²) in [5, 5.41) is 10.7. The van der Waals surface area contributed by atoms with Crippen LogP contribution in [0.3, 0.4) is 0 Å². The van der Waals surface area contributed by atoms with Gasteiger partial charge in [0.1, 0.15) is 16.9 Å². The summed E-state index contributed by atoms with van der Waals surface area (Å²) in [6, 6.07) is 13.4. The van der Waals surface area contributed by atoms with E-state index >= 15 is 0 Å². The van der Waals surface area contributed by atoms with Gasteiger partial charge in [0.2, 0.25) is 0 Å². The number of benzene rings is 2. The summed E-state index contributed by atoms with van der Waals surface area (Å²) in [7, 11) is 0. The number of carbonyl (C=O) groups is 1. The average molecular weight is 361 g/mol. The number of H-pyrrole nitrogens is 1. The fourth-order valence-corrected chi connectivity index (χ4v) is 3.93. The normalized spacial score (nSPS) is 20.1. The molecule has 1 aliphatic carbocycles. The van der Waals surface area contributed by atoms with E-state index in [1.165, 1.54) is 0 Å². The molecular formula is C20H19N5O2. The van der Waals surface area contributed by atoms with Gasteiger partial charge in [-0.2, -0.15) is 0 Å². The molecule has 1 aliphatic rings. The van der Waals surface area contributed by atoms with E-state index in [2.05, 4.69) is 20.6 Å². The smallest absolute Gasteiger partial charge is 0.251 e. The molecule has 1 fully saturated rings. The molecule has 0 radical (unpaired) electrons. The number of hydrogen-bond acceptors (Lipinski definition) is 5. The number of para-hydroxylation sites is 2. The highest BCUT2D eigenvalue weighted by Crippen LogP contribution is 2.32. The number of aromatic nitrogens is 4. The summed E-state index contributed by atoms with van der Waals surface area (Å²) in [5.41, 5.74) is 3.87. The maximum absolute atomic E-state index is 12.6. The molecule has 27 heavy (non-hydrogen) atoms. The Morgan fingerprint density at radius 3 is 2.89 bits per heavy atom. The molecule has 4 aromatic rings. The maximum Gasteiger partial charge on any atom is 0.251 e. The first-order valence-corrected chi connectivity index (χ1v) is 9.24. The third-order valence-electron chi connectivity index (χ3n) is 5.32. The molecular weight excluding hydrogens is 342 g/mol. The number of imidazole rings is 1. The van der Waals surface area contributed by atoms with Crippen LogP contribution in [0.1, 0.15) is 47.8 Å². The molecule has 2 atom stereocenters. The van der Waals surface area contributed by atoms with Crippen molar-refractivity contribution >= 4 is 28.0 Å². The number of nitrogens with one attached hydrogen (secondary N) is 2. The van der Waals surface area contributed by atoms with Crippen LogP contribution in [0.25, 0.3) is 22.1 Å². The predicted octanol–water partition coefficient (Wildman–Crippen LogP) is 3.56. The van der Waals surface area contributed by atoms with Crippen molar-refractivity contribution in [1.29, 1.82) is 0 Å². The Morgan fingerprint density at radius 1 is 1.07 bits per heavy atom. The van der Waals surface area contributed by atoms with Crippen molar-refractivity contribution in [2.24, 2.45) is 0 Å². The van der Waals surface area contributed by atoms with Gasteiger partial charge in [-0.25, -0.2) is 9.61 Å². The second-order valence-electron chi connectivity index (χ2n) is 7.14. The Labute approximate surface area is 155 Å². The van der Waals surface area contributed by atoms with Crippen LogP contribution in [0.2, 0.25) is 0 Å². The molecule has 2 aromatic heterocycles. The molecule has 7 nitrogen and oxygen atoms in total. The van der Waals surface area contributed by atoms with Crippen LogP contribution < -0.4 is 5.32 Å². The van der Waals surface area contributed by atoms with Gasteiger partial charge in [0.05, 0.1) is 11.0 Å². The van der Waals surface area contributed by atoms with Crippen molar-refractivity contribution in [2.75, 3.05) is 0 Å². The zero-order valence-corrected chi connectivity index (χ0v) is 14.7. The first-order chi connectivity index (χ1) is 13.3. The number of hydrogen-bond donors (Lipinski definition) is 2. The van der Waals surface area contributed by atoms with Crippen molar-refractivity contribution < 1.29 is 9.42 Å². The molecule has 136 valence electrons. The standard InChI is InChI=1S/C20H19N5O2/c26-20(13-8-9-17-18(11-13)25-27-24-17)21-14-5-3-4-12(10-14)19-22-15-6-1-2-7-16(15)23-19/h1-2,6-9,11-12,14H,3-5,10H2,(H,21,26)(H,22,23)/t12-,14+/m0/s1. The summed E-state index contributed by atoms with van der Waals surface area (Å²) < 4.78 is 4.70. The zero-order valence-electron chi connectivity index (χ0n) is 14.7. The van der Waals surface area contributed by atoms with E-state index in [0.717, 1.165) is 42.5 Å². The summed E-state index contributed by atoms with van der Waals surface area (Å²) in [5.74, 6) is 1.26.